The lowest BCUT2D eigenvalue weighted by Gasteiger charge is -2.59. The third-order valence-corrected chi connectivity index (χ3v) is 13.4. The molecule has 5 saturated carbocycles. The van der Waals surface area contributed by atoms with Gasteiger partial charge in [0.15, 0.2) is 18.2 Å². The minimum Gasteiger partial charge on any atom is -0.457 e. The molecule has 6 fully saturated rings. The van der Waals surface area contributed by atoms with Crippen LogP contribution >= 0.6 is 0 Å². The lowest BCUT2D eigenvalue weighted by Crippen LogP contribution is -2.56. The highest BCUT2D eigenvalue weighted by Crippen LogP contribution is 2.87. The Morgan fingerprint density at radius 3 is 2.42 bits per heavy atom. The number of Topliss-reactive ketones (excluding diaryl/α,β-unsaturated/α-hetero) is 1. The molecular formula is C34H50O9. The molecule has 240 valence electrons. The molecule has 1 N–H and O–H groups in total. The number of rotatable bonds is 9. The quantitative estimate of drug-likeness (QED) is 0.235. The summed E-state index contributed by atoms with van der Waals surface area (Å²) in [6, 6.07) is 0. The number of fused-ring (bicyclic) bond motifs is 4. The predicted molar refractivity (Wildman–Crippen MR) is 155 cm³/mol. The first kappa shape index (κ1) is 31.3. The average Bonchev–Trinajstić information content (AvgIpc) is 3.55. The molecule has 6 rings (SSSR count). The zero-order valence-electron chi connectivity index (χ0n) is 26.6. The van der Waals surface area contributed by atoms with E-state index in [2.05, 4.69) is 20.8 Å². The highest BCUT2D eigenvalue weighted by molar-refractivity contribution is 5.90. The van der Waals surface area contributed by atoms with Crippen molar-refractivity contribution in [3.05, 3.63) is 0 Å². The monoisotopic (exact) mass is 602 g/mol. The average molecular weight is 603 g/mol. The number of hydrogen-bond acceptors (Lipinski definition) is 9. The van der Waals surface area contributed by atoms with Crippen molar-refractivity contribution in [3.8, 4) is 0 Å². The fraction of sp³-hybridized carbons (Fsp3) is 0.882. The molecule has 0 aromatic carbocycles. The Morgan fingerprint density at radius 2 is 1.77 bits per heavy atom. The Hall–Kier alpha value is -1.68. The molecule has 5 aliphatic carbocycles. The number of ether oxygens (including phenoxy) is 4. The van der Waals surface area contributed by atoms with Crippen LogP contribution in [0.5, 0.6) is 0 Å². The van der Waals surface area contributed by atoms with Crippen LogP contribution in [0.2, 0.25) is 0 Å². The topological polar surface area (TPSA) is 125 Å². The van der Waals surface area contributed by atoms with Gasteiger partial charge in [-0.15, -0.1) is 0 Å². The fourth-order valence-electron chi connectivity index (χ4n) is 11.7. The molecule has 12 atom stereocenters. The summed E-state index contributed by atoms with van der Waals surface area (Å²) in [5, 5.41) is 10.8. The molecule has 1 saturated heterocycles. The molecule has 1 aliphatic heterocycles. The summed E-state index contributed by atoms with van der Waals surface area (Å²) in [4.78, 5) is 48.7. The van der Waals surface area contributed by atoms with Gasteiger partial charge in [0, 0.05) is 12.8 Å². The third-order valence-electron chi connectivity index (χ3n) is 13.4. The van der Waals surface area contributed by atoms with E-state index in [0.717, 1.165) is 51.4 Å². The lowest BCUT2D eigenvalue weighted by atomic mass is 9.46. The summed E-state index contributed by atoms with van der Waals surface area (Å²) in [7, 11) is 0. The van der Waals surface area contributed by atoms with Gasteiger partial charge in [0.2, 0.25) is 6.29 Å². The summed E-state index contributed by atoms with van der Waals surface area (Å²) in [5.41, 5.74) is -1.25. The normalized spacial score (nSPS) is 45.7. The SMILES string of the molecule is CC(=O)O[C@@H](C1CCC2C(O1)C(=O)C1C3CCC4C(C)(C)[C@@H](OC(C=O)OCC=O)CCC45C[C@@]35CC[C@]21C)C(C)(C)O. The number of esters is 1. The zero-order chi connectivity index (χ0) is 31.2. The highest BCUT2D eigenvalue weighted by atomic mass is 16.7. The van der Waals surface area contributed by atoms with Crippen LogP contribution in [-0.2, 0) is 38.1 Å². The maximum Gasteiger partial charge on any atom is 0.303 e. The Labute approximate surface area is 255 Å². The second kappa shape index (κ2) is 10.4. The van der Waals surface area contributed by atoms with Crippen LogP contribution in [0.3, 0.4) is 0 Å². The van der Waals surface area contributed by atoms with Crippen molar-refractivity contribution < 1.29 is 43.2 Å². The second-order valence-electron chi connectivity index (χ2n) is 16.1. The van der Waals surface area contributed by atoms with Gasteiger partial charge in [-0.05, 0) is 111 Å². The van der Waals surface area contributed by atoms with Gasteiger partial charge in [0.05, 0.1) is 17.8 Å². The molecule has 0 radical (unpaired) electrons. The van der Waals surface area contributed by atoms with E-state index in [1.807, 2.05) is 0 Å². The molecule has 43 heavy (non-hydrogen) atoms. The molecule has 0 bridgehead atoms. The van der Waals surface area contributed by atoms with Crippen molar-refractivity contribution in [2.24, 2.45) is 45.3 Å². The largest absolute Gasteiger partial charge is 0.457 e. The van der Waals surface area contributed by atoms with Crippen molar-refractivity contribution in [2.75, 3.05) is 6.61 Å². The van der Waals surface area contributed by atoms with E-state index in [1.165, 1.54) is 6.92 Å². The standard InChI is InChI=1S/C34H50O9/c1-19(37)41-29(31(4,5)39)22-9-7-21-28(42-22)27(38)26-20-8-10-23-30(2,3)24(43-25(17-36)40-16-15-35)11-12-34(23)18-33(20,34)14-13-32(21,26)6/h15,17,20-26,28-29,39H,7-14,16,18H2,1-6H3/t20?,21?,22?,23?,24-,25?,26?,28?,29-,32+,33-,34?/m0/s1. The van der Waals surface area contributed by atoms with Crippen molar-refractivity contribution in [1.82, 2.24) is 0 Å². The number of aldehydes is 2. The third kappa shape index (κ3) is 4.53. The van der Waals surface area contributed by atoms with Crippen molar-refractivity contribution in [3.63, 3.8) is 0 Å². The highest BCUT2D eigenvalue weighted by Gasteiger charge is 2.82. The summed E-state index contributed by atoms with van der Waals surface area (Å²) < 4.78 is 23.6. The molecule has 0 aromatic rings. The molecule has 8 unspecified atom stereocenters. The minimum absolute atomic E-state index is 0.0436. The first-order chi connectivity index (χ1) is 20.2. The van der Waals surface area contributed by atoms with Gasteiger partial charge < -0.3 is 28.8 Å². The van der Waals surface area contributed by atoms with Crippen LogP contribution in [0, 0.1) is 45.3 Å². The van der Waals surface area contributed by atoms with Crippen LogP contribution in [-0.4, -0.2) is 72.3 Å². The molecule has 0 amide bonds. The van der Waals surface area contributed by atoms with Gasteiger partial charge in [0.1, 0.15) is 19.0 Å². The molecule has 9 nitrogen and oxygen atoms in total. The number of carbonyl (C=O) groups is 4. The summed E-state index contributed by atoms with van der Waals surface area (Å²) in [6.07, 6.45) is 6.83. The molecule has 0 aromatic heterocycles. The lowest BCUT2D eigenvalue weighted by molar-refractivity contribution is -0.216. The summed E-state index contributed by atoms with van der Waals surface area (Å²) >= 11 is 0. The number of carbonyl (C=O) groups excluding carboxylic acids is 4. The number of aliphatic hydroxyl groups is 1. The van der Waals surface area contributed by atoms with E-state index < -0.39 is 36.2 Å². The van der Waals surface area contributed by atoms with Gasteiger partial charge in [-0.1, -0.05) is 20.8 Å². The zero-order valence-corrected chi connectivity index (χ0v) is 26.6. The Morgan fingerprint density at radius 1 is 1.05 bits per heavy atom. The van der Waals surface area contributed by atoms with E-state index >= 15 is 0 Å². The van der Waals surface area contributed by atoms with Gasteiger partial charge in [-0.3, -0.25) is 14.4 Å². The molecular weight excluding hydrogens is 552 g/mol. The van der Waals surface area contributed by atoms with Crippen LogP contribution in [0.15, 0.2) is 0 Å². The number of ketones is 1. The van der Waals surface area contributed by atoms with E-state index in [4.69, 9.17) is 18.9 Å². The van der Waals surface area contributed by atoms with Crippen LogP contribution in [0.1, 0.15) is 99.3 Å². The van der Waals surface area contributed by atoms with Gasteiger partial charge in [-0.2, -0.15) is 0 Å². The maximum absolute atomic E-state index is 14.4. The molecule has 6 aliphatic rings. The van der Waals surface area contributed by atoms with Crippen molar-refractivity contribution >= 4 is 24.3 Å². The molecule has 2 spiro atoms. The first-order valence-corrected chi connectivity index (χ1v) is 16.4. The van der Waals surface area contributed by atoms with Gasteiger partial charge in [-0.25, -0.2) is 0 Å². The first-order valence-electron chi connectivity index (χ1n) is 16.4. The maximum atomic E-state index is 14.4. The van der Waals surface area contributed by atoms with E-state index in [1.54, 1.807) is 13.8 Å². The van der Waals surface area contributed by atoms with E-state index in [9.17, 15) is 24.3 Å². The van der Waals surface area contributed by atoms with Crippen molar-refractivity contribution in [2.45, 2.75) is 136 Å². The van der Waals surface area contributed by atoms with Gasteiger partial charge in [0.25, 0.3) is 0 Å². The Bertz CT molecular complexity index is 1160. The van der Waals surface area contributed by atoms with Crippen LogP contribution in [0.4, 0.5) is 0 Å². The summed E-state index contributed by atoms with van der Waals surface area (Å²) in [6.45, 7) is 11.3. The smallest absolute Gasteiger partial charge is 0.303 e. The molecule has 9 heteroatoms. The van der Waals surface area contributed by atoms with Crippen LogP contribution in [0.25, 0.3) is 0 Å². The number of hydrogen-bond donors (Lipinski definition) is 1. The second-order valence-corrected chi connectivity index (χ2v) is 16.1. The van der Waals surface area contributed by atoms with E-state index in [-0.39, 0.29) is 52.0 Å². The molecule has 1 heterocycles. The Kier molecular flexibility index (Phi) is 7.59. The van der Waals surface area contributed by atoms with E-state index in [0.29, 0.717) is 30.8 Å². The predicted octanol–water partition coefficient (Wildman–Crippen LogP) is 4.20. The van der Waals surface area contributed by atoms with Crippen LogP contribution < -0.4 is 0 Å². The van der Waals surface area contributed by atoms with Crippen molar-refractivity contribution in [1.29, 1.82) is 0 Å². The summed E-state index contributed by atoms with van der Waals surface area (Å²) in [5.74, 6) is 0.598. The fourth-order valence-corrected chi connectivity index (χ4v) is 11.7. The van der Waals surface area contributed by atoms with Gasteiger partial charge >= 0.3 is 5.97 Å². The Balaban J connectivity index is 1.22. The minimum atomic E-state index is -1.29.